The summed E-state index contributed by atoms with van der Waals surface area (Å²) in [6, 6.07) is 1.80. The van der Waals surface area contributed by atoms with Gasteiger partial charge in [0, 0.05) is 31.9 Å². The molecule has 6 heteroatoms. The van der Waals surface area contributed by atoms with E-state index < -0.39 is 0 Å². The molecule has 2 fully saturated rings. The van der Waals surface area contributed by atoms with Crippen LogP contribution < -0.4 is 0 Å². The summed E-state index contributed by atoms with van der Waals surface area (Å²) in [5, 5.41) is 4.19. The van der Waals surface area contributed by atoms with Gasteiger partial charge in [0.05, 0.1) is 19.3 Å². The van der Waals surface area contributed by atoms with Crippen molar-refractivity contribution in [2.75, 3.05) is 19.7 Å². The molecular weight excluding hydrogens is 246 g/mol. The third-order valence-corrected chi connectivity index (χ3v) is 3.71. The average Bonchev–Trinajstić information content (AvgIpc) is 2.99. The van der Waals surface area contributed by atoms with E-state index in [2.05, 4.69) is 10.00 Å². The van der Waals surface area contributed by atoms with Crippen LogP contribution in [-0.2, 0) is 20.8 Å². The Kier molecular flexibility index (Phi) is 3.52. The Bertz CT molecular complexity index is 434. The highest BCUT2D eigenvalue weighted by Crippen LogP contribution is 2.22. The predicted molar refractivity (Wildman–Crippen MR) is 67.5 cm³/mol. The van der Waals surface area contributed by atoms with Gasteiger partial charge in [-0.15, -0.1) is 0 Å². The van der Waals surface area contributed by atoms with Crippen LogP contribution in [0.4, 0.5) is 0 Å². The van der Waals surface area contributed by atoms with Crippen LogP contribution in [-0.4, -0.2) is 58.6 Å². The van der Waals surface area contributed by atoms with Crippen LogP contribution in [0.15, 0.2) is 18.5 Å². The molecule has 19 heavy (non-hydrogen) atoms. The monoisotopic (exact) mass is 265 g/mol. The molecule has 2 aliphatic rings. The predicted octanol–water partition coefficient (Wildman–Crippen LogP) is 0.288. The van der Waals surface area contributed by atoms with Gasteiger partial charge >= 0.3 is 5.97 Å². The molecule has 0 unspecified atom stereocenters. The molecule has 104 valence electrons. The van der Waals surface area contributed by atoms with E-state index in [1.165, 1.54) is 0 Å². The molecular formula is C13H19N3O3. The molecule has 0 spiro atoms. The second kappa shape index (κ2) is 5.30. The van der Waals surface area contributed by atoms with Gasteiger partial charge in [0.15, 0.2) is 0 Å². The molecule has 0 radical (unpaired) electrons. The van der Waals surface area contributed by atoms with E-state index in [0.29, 0.717) is 6.61 Å². The number of hydrogen-bond acceptors (Lipinski definition) is 5. The van der Waals surface area contributed by atoms with Crippen molar-refractivity contribution in [2.24, 2.45) is 0 Å². The second-order valence-electron chi connectivity index (χ2n) is 5.21. The highest BCUT2D eigenvalue weighted by Gasteiger charge is 2.38. The minimum absolute atomic E-state index is 0.0323. The number of morpholine rings is 1. The van der Waals surface area contributed by atoms with Gasteiger partial charge in [-0.1, -0.05) is 0 Å². The zero-order valence-electron chi connectivity index (χ0n) is 11.1. The molecule has 3 atom stereocenters. The molecule has 1 aromatic rings. The third kappa shape index (κ3) is 2.79. The van der Waals surface area contributed by atoms with Gasteiger partial charge in [-0.3, -0.25) is 14.4 Å². The number of carbonyl (C=O) groups is 1. The summed E-state index contributed by atoms with van der Waals surface area (Å²) in [6.45, 7) is 4.87. The summed E-state index contributed by atoms with van der Waals surface area (Å²) in [7, 11) is 0. The Balaban J connectivity index is 1.60. The van der Waals surface area contributed by atoms with Crippen molar-refractivity contribution in [1.82, 2.24) is 14.7 Å². The maximum atomic E-state index is 11.8. The summed E-state index contributed by atoms with van der Waals surface area (Å²) >= 11 is 0. The van der Waals surface area contributed by atoms with Crippen LogP contribution in [0.25, 0.3) is 0 Å². The number of aromatic nitrogens is 2. The normalized spacial score (nSPS) is 32.5. The molecule has 0 amide bonds. The van der Waals surface area contributed by atoms with Crippen molar-refractivity contribution >= 4 is 5.97 Å². The van der Waals surface area contributed by atoms with Crippen LogP contribution in [0.3, 0.4) is 0 Å². The van der Waals surface area contributed by atoms with Gasteiger partial charge < -0.3 is 9.47 Å². The van der Waals surface area contributed by atoms with Gasteiger partial charge in [-0.05, 0) is 13.0 Å². The summed E-state index contributed by atoms with van der Waals surface area (Å²) in [5.74, 6) is -0.0905. The number of hydrogen-bond donors (Lipinski definition) is 0. The van der Waals surface area contributed by atoms with E-state index >= 15 is 0 Å². The summed E-state index contributed by atoms with van der Waals surface area (Å²) < 4.78 is 12.8. The van der Waals surface area contributed by atoms with Gasteiger partial charge in [0.25, 0.3) is 0 Å². The molecule has 0 aliphatic carbocycles. The number of carbonyl (C=O) groups excluding carboxylic acids is 1. The molecule has 0 bridgehead atoms. The first-order chi connectivity index (χ1) is 9.22. The zero-order chi connectivity index (χ0) is 13.2. The van der Waals surface area contributed by atoms with Crippen molar-refractivity contribution in [1.29, 1.82) is 0 Å². The maximum absolute atomic E-state index is 11.8. The molecule has 1 aromatic heterocycles. The van der Waals surface area contributed by atoms with Crippen molar-refractivity contribution in [3.8, 4) is 0 Å². The fourth-order valence-corrected chi connectivity index (χ4v) is 2.79. The van der Waals surface area contributed by atoms with Crippen molar-refractivity contribution in [3.63, 3.8) is 0 Å². The van der Waals surface area contributed by atoms with Crippen LogP contribution in [0.1, 0.15) is 13.3 Å². The fraction of sp³-hybridized carbons (Fsp3) is 0.692. The largest absolute Gasteiger partial charge is 0.461 e. The number of nitrogens with zero attached hydrogens (tertiary/aromatic N) is 3. The molecule has 6 nitrogen and oxygen atoms in total. The molecule has 0 aromatic carbocycles. The summed E-state index contributed by atoms with van der Waals surface area (Å²) in [4.78, 5) is 14.0. The standard InChI is InChI=1S/C13H19N3O3/c1-10-7-12(13(17)19-10)15-5-6-18-11(8-15)9-16-4-2-3-14-16/h2-4,10-12H,5-9H2,1H3/t10-,11+,12+/m1/s1. The van der Waals surface area contributed by atoms with Crippen molar-refractivity contribution in [2.45, 2.75) is 38.1 Å². The summed E-state index contributed by atoms with van der Waals surface area (Å²) in [6.07, 6.45) is 4.58. The molecule has 0 N–H and O–H groups in total. The zero-order valence-corrected chi connectivity index (χ0v) is 11.1. The lowest BCUT2D eigenvalue weighted by atomic mass is 10.1. The molecule has 3 heterocycles. The van der Waals surface area contributed by atoms with Gasteiger partial charge in [-0.2, -0.15) is 5.10 Å². The minimum atomic E-state index is -0.0981. The third-order valence-electron chi connectivity index (χ3n) is 3.71. The van der Waals surface area contributed by atoms with E-state index in [-0.39, 0.29) is 24.2 Å². The molecule has 2 saturated heterocycles. The lowest BCUT2D eigenvalue weighted by molar-refractivity contribution is -0.147. The van der Waals surface area contributed by atoms with Crippen LogP contribution in [0, 0.1) is 0 Å². The maximum Gasteiger partial charge on any atom is 0.323 e. The molecule has 3 rings (SSSR count). The number of cyclic esters (lactones) is 1. The van der Waals surface area contributed by atoms with Gasteiger partial charge in [0.1, 0.15) is 12.1 Å². The van der Waals surface area contributed by atoms with E-state index in [0.717, 1.165) is 26.1 Å². The Labute approximate surface area is 112 Å². The summed E-state index contributed by atoms with van der Waals surface area (Å²) in [5.41, 5.74) is 0. The van der Waals surface area contributed by atoms with E-state index in [9.17, 15) is 4.79 Å². The second-order valence-corrected chi connectivity index (χ2v) is 5.21. The quantitative estimate of drug-likeness (QED) is 0.735. The average molecular weight is 265 g/mol. The molecule has 2 aliphatic heterocycles. The first kappa shape index (κ1) is 12.6. The van der Waals surface area contributed by atoms with Crippen molar-refractivity contribution < 1.29 is 14.3 Å². The van der Waals surface area contributed by atoms with Crippen molar-refractivity contribution in [3.05, 3.63) is 18.5 Å². The van der Waals surface area contributed by atoms with Gasteiger partial charge in [-0.25, -0.2) is 0 Å². The fourth-order valence-electron chi connectivity index (χ4n) is 2.79. The van der Waals surface area contributed by atoms with E-state index in [1.807, 2.05) is 23.9 Å². The first-order valence-electron chi connectivity index (χ1n) is 6.76. The highest BCUT2D eigenvalue weighted by atomic mass is 16.6. The van der Waals surface area contributed by atoms with Crippen LogP contribution in [0.2, 0.25) is 0 Å². The Hall–Kier alpha value is -1.40. The minimum Gasteiger partial charge on any atom is -0.461 e. The van der Waals surface area contributed by atoms with E-state index in [4.69, 9.17) is 9.47 Å². The SMILES string of the molecule is C[C@@H]1C[C@H](N2CCO[C@H](Cn3cccn3)C2)C(=O)O1. The lowest BCUT2D eigenvalue weighted by Gasteiger charge is -2.35. The van der Waals surface area contributed by atoms with Gasteiger partial charge in [0.2, 0.25) is 0 Å². The highest BCUT2D eigenvalue weighted by molar-refractivity contribution is 5.78. The molecule has 0 saturated carbocycles. The van der Waals surface area contributed by atoms with Crippen LogP contribution in [0.5, 0.6) is 0 Å². The smallest absolute Gasteiger partial charge is 0.323 e. The van der Waals surface area contributed by atoms with Crippen LogP contribution >= 0.6 is 0 Å². The Morgan fingerprint density at radius 2 is 2.42 bits per heavy atom. The topological polar surface area (TPSA) is 56.6 Å². The Morgan fingerprint density at radius 3 is 3.11 bits per heavy atom. The first-order valence-corrected chi connectivity index (χ1v) is 6.76. The number of esters is 1. The van der Waals surface area contributed by atoms with E-state index in [1.54, 1.807) is 6.20 Å². The number of rotatable bonds is 3. The lowest BCUT2D eigenvalue weighted by Crippen LogP contribution is -2.50. The number of ether oxygens (including phenoxy) is 2. The Morgan fingerprint density at radius 1 is 1.53 bits per heavy atom.